The summed E-state index contributed by atoms with van der Waals surface area (Å²) < 4.78 is 6.85. The van der Waals surface area contributed by atoms with Crippen LogP contribution in [0.2, 0.25) is 0 Å². The van der Waals surface area contributed by atoms with Crippen molar-refractivity contribution in [1.82, 2.24) is 0 Å². The van der Waals surface area contributed by atoms with Crippen LogP contribution in [0.3, 0.4) is 0 Å². The summed E-state index contributed by atoms with van der Waals surface area (Å²) in [5, 5.41) is 0. The van der Waals surface area contributed by atoms with Gasteiger partial charge in [0.25, 0.3) is 0 Å². The normalized spacial score (nSPS) is 12.8. The Kier molecular flexibility index (Phi) is 4.42. The molecule has 2 aliphatic carbocycles. The lowest BCUT2D eigenvalue weighted by atomic mass is 9.98. The summed E-state index contributed by atoms with van der Waals surface area (Å²) in [5.74, 6) is 2.10. The quantitative estimate of drug-likeness (QED) is 0.284. The topological polar surface area (TPSA) is 9.23 Å². The van der Waals surface area contributed by atoms with Crippen LogP contribution >= 0.6 is 0 Å². The predicted molar refractivity (Wildman–Crippen MR) is 128 cm³/mol. The SMILES string of the molecule is CCCCc1ccc2c(c1Oc1cccc3c1Cc1ccccc1-3)Cc1ccccc1-2. The van der Waals surface area contributed by atoms with Crippen molar-refractivity contribution in [2.24, 2.45) is 0 Å². The Morgan fingerprint density at radius 2 is 1.29 bits per heavy atom. The number of ether oxygens (including phenoxy) is 1. The van der Waals surface area contributed by atoms with Crippen molar-refractivity contribution in [1.29, 1.82) is 0 Å². The molecule has 1 heteroatoms. The number of hydrogen-bond acceptors (Lipinski definition) is 1. The molecule has 31 heavy (non-hydrogen) atoms. The number of rotatable bonds is 5. The van der Waals surface area contributed by atoms with Crippen molar-refractivity contribution in [2.45, 2.75) is 39.0 Å². The summed E-state index contributed by atoms with van der Waals surface area (Å²) in [4.78, 5) is 0. The molecular weight excluding hydrogens is 376 g/mol. The van der Waals surface area contributed by atoms with Gasteiger partial charge in [-0.05, 0) is 57.9 Å². The van der Waals surface area contributed by atoms with Crippen molar-refractivity contribution in [3.63, 3.8) is 0 Å². The van der Waals surface area contributed by atoms with Crippen LogP contribution in [-0.2, 0) is 19.3 Å². The maximum atomic E-state index is 6.85. The maximum Gasteiger partial charge on any atom is 0.134 e. The van der Waals surface area contributed by atoms with Crippen LogP contribution in [-0.4, -0.2) is 0 Å². The van der Waals surface area contributed by atoms with Gasteiger partial charge in [-0.1, -0.05) is 86.1 Å². The van der Waals surface area contributed by atoms with E-state index >= 15 is 0 Å². The summed E-state index contributed by atoms with van der Waals surface area (Å²) in [7, 11) is 0. The van der Waals surface area contributed by atoms with Gasteiger partial charge in [0.15, 0.2) is 0 Å². The number of aryl methyl sites for hydroxylation is 1. The second kappa shape index (κ2) is 7.42. The summed E-state index contributed by atoms with van der Waals surface area (Å²) in [5.41, 5.74) is 12.2. The molecule has 1 nitrogen and oxygen atoms in total. The molecule has 0 radical (unpaired) electrons. The van der Waals surface area contributed by atoms with E-state index in [4.69, 9.17) is 4.74 Å². The first-order chi connectivity index (χ1) is 15.3. The van der Waals surface area contributed by atoms with Crippen molar-refractivity contribution in [3.8, 4) is 33.8 Å². The van der Waals surface area contributed by atoms with E-state index in [1.807, 2.05) is 0 Å². The van der Waals surface area contributed by atoms with Crippen molar-refractivity contribution in [3.05, 3.63) is 107 Å². The Hall–Kier alpha value is -3.32. The predicted octanol–water partition coefficient (Wildman–Crippen LogP) is 7.96. The Morgan fingerprint density at radius 3 is 2.03 bits per heavy atom. The van der Waals surface area contributed by atoms with Crippen LogP contribution in [0.1, 0.15) is 47.6 Å². The van der Waals surface area contributed by atoms with Gasteiger partial charge in [0.05, 0.1) is 0 Å². The smallest absolute Gasteiger partial charge is 0.134 e. The van der Waals surface area contributed by atoms with Crippen LogP contribution in [0.4, 0.5) is 0 Å². The fraction of sp³-hybridized carbons (Fsp3) is 0.200. The second-order valence-electron chi connectivity index (χ2n) is 8.74. The molecule has 0 spiro atoms. The molecule has 0 aliphatic heterocycles. The monoisotopic (exact) mass is 402 g/mol. The molecular formula is C30H26O. The second-order valence-corrected chi connectivity index (χ2v) is 8.74. The molecule has 0 amide bonds. The fourth-order valence-corrected chi connectivity index (χ4v) is 5.26. The largest absolute Gasteiger partial charge is 0.456 e. The van der Waals surface area contributed by atoms with Gasteiger partial charge in [-0.3, -0.25) is 0 Å². The third-order valence-corrected chi connectivity index (χ3v) is 6.84. The molecule has 2 aliphatic rings. The summed E-state index contributed by atoms with van der Waals surface area (Å²) >= 11 is 0. The standard InChI is InChI=1S/C30H26O/c1-2-3-9-20-16-17-26-24-13-7-5-11-22(24)19-28(26)30(20)31-29-15-8-14-25-23-12-6-4-10-21(23)18-27(25)29/h4-8,10-17H,2-3,9,18-19H2,1H3. The minimum Gasteiger partial charge on any atom is -0.456 e. The van der Waals surface area contributed by atoms with Crippen LogP contribution < -0.4 is 4.74 Å². The van der Waals surface area contributed by atoms with Gasteiger partial charge < -0.3 is 4.74 Å². The van der Waals surface area contributed by atoms with Crippen molar-refractivity contribution < 1.29 is 4.74 Å². The lowest BCUT2D eigenvalue weighted by Crippen LogP contribution is -1.99. The number of fused-ring (bicyclic) bond motifs is 6. The molecule has 0 aromatic heterocycles. The van der Waals surface area contributed by atoms with Crippen LogP contribution in [0.15, 0.2) is 78.9 Å². The molecule has 0 heterocycles. The lowest BCUT2D eigenvalue weighted by Gasteiger charge is -2.18. The van der Waals surface area contributed by atoms with E-state index in [1.54, 1.807) is 0 Å². The van der Waals surface area contributed by atoms with Crippen LogP contribution in [0.25, 0.3) is 22.3 Å². The van der Waals surface area contributed by atoms with Gasteiger partial charge in [-0.25, -0.2) is 0 Å². The van der Waals surface area contributed by atoms with Gasteiger partial charge in [0.2, 0.25) is 0 Å². The summed E-state index contributed by atoms with van der Waals surface area (Å²) in [6.07, 6.45) is 5.33. The first-order valence-corrected chi connectivity index (χ1v) is 11.4. The maximum absolute atomic E-state index is 6.85. The number of benzene rings is 4. The molecule has 4 aromatic rings. The van der Waals surface area contributed by atoms with E-state index in [-0.39, 0.29) is 0 Å². The van der Waals surface area contributed by atoms with E-state index in [2.05, 4.69) is 85.8 Å². The molecule has 4 aromatic carbocycles. The highest BCUT2D eigenvalue weighted by Gasteiger charge is 2.26. The third kappa shape index (κ3) is 2.99. The Morgan fingerprint density at radius 1 is 0.645 bits per heavy atom. The molecule has 0 unspecified atom stereocenters. The van der Waals surface area contributed by atoms with E-state index < -0.39 is 0 Å². The van der Waals surface area contributed by atoms with Gasteiger partial charge in [0.1, 0.15) is 11.5 Å². The highest BCUT2D eigenvalue weighted by molar-refractivity contribution is 5.81. The molecule has 152 valence electrons. The average molecular weight is 403 g/mol. The van der Waals surface area contributed by atoms with Crippen molar-refractivity contribution >= 4 is 0 Å². The zero-order chi connectivity index (χ0) is 20.8. The Balaban J connectivity index is 1.46. The van der Waals surface area contributed by atoms with Gasteiger partial charge >= 0.3 is 0 Å². The zero-order valence-corrected chi connectivity index (χ0v) is 17.9. The van der Waals surface area contributed by atoms with Crippen LogP contribution in [0.5, 0.6) is 11.5 Å². The van der Waals surface area contributed by atoms with E-state index in [0.29, 0.717) is 0 Å². The van der Waals surface area contributed by atoms with Crippen molar-refractivity contribution in [2.75, 3.05) is 0 Å². The van der Waals surface area contributed by atoms with Gasteiger partial charge in [0, 0.05) is 24.0 Å². The van der Waals surface area contributed by atoms with E-state index in [9.17, 15) is 0 Å². The summed E-state index contributed by atoms with van der Waals surface area (Å²) in [6.45, 7) is 2.26. The van der Waals surface area contributed by atoms with Gasteiger partial charge in [-0.2, -0.15) is 0 Å². The number of hydrogen-bond donors (Lipinski definition) is 0. The number of unbranched alkanes of at least 4 members (excludes halogenated alkanes) is 1. The fourth-order valence-electron chi connectivity index (χ4n) is 5.26. The van der Waals surface area contributed by atoms with E-state index in [1.165, 1.54) is 62.9 Å². The minimum absolute atomic E-state index is 0.946. The van der Waals surface area contributed by atoms with E-state index in [0.717, 1.165) is 30.8 Å². The molecule has 0 saturated carbocycles. The first-order valence-electron chi connectivity index (χ1n) is 11.4. The Labute approximate surface area is 184 Å². The van der Waals surface area contributed by atoms with Crippen LogP contribution in [0, 0.1) is 0 Å². The lowest BCUT2D eigenvalue weighted by molar-refractivity contribution is 0.466. The summed E-state index contributed by atoms with van der Waals surface area (Å²) in [6, 6.07) is 28.6. The molecule has 0 N–H and O–H groups in total. The molecule has 0 bridgehead atoms. The molecule has 0 saturated heterocycles. The third-order valence-electron chi connectivity index (χ3n) is 6.84. The molecule has 0 atom stereocenters. The zero-order valence-electron chi connectivity index (χ0n) is 17.9. The highest BCUT2D eigenvalue weighted by atomic mass is 16.5. The average Bonchev–Trinajstić information content (AvgIpc) is 3.38. The molecule has 0 fully saturated rings. The minimum atomic E-state index is 0.946. The van der Waals surface area contributed by atoms with Gasteiger partial charge in [-0.15, -0.1) is 0 Å². The first kappa shape index (κ1) is 18.4. The molecule has 6 rings (SSSR count). The highest BCUT2D eigenvalue weighted by Crippen LogP contribution is 2.47. The Bertz CT molecular complexity index is 1300.